The number of benzene rings is 1. The summed E-state index contributed by atoms with van der Waals surface area (Å²) in [6.45, 7) is 1.56. The van der Waals surface area contributed by atoms with Crippen molar-refractivity contribution in [2.75, 3.05) is 5.32 Å². The van der Waals surface area contributed by atoms with Gasteiger partial charge in [-0.1, -0.05) is 25.7 Å². The van der Waals surface area contributed by atoms with Crippen LogP contribution < -0.4 is 16.4 Å². The SMILES string of the molecule is CC(OC(=O)c1ccc(NC(N)=O)cc1)C(=O)NC1CCCCCC1. The van der Waals surface area contributed by atoms with Crippen LogP contribution in [0, 0.1) is 0 Å². The zero-order valence-electron chi connectivity index (χ0n) is 14.4. The van der Waals surface area contributed by atoms with Gasteiger partial charge in [-0.3, -0.25) is 4.79 Å². The van der Waals surface area contributed by atoms with E-state index in [1.807, 2.05) is 0 Å². The molecule has 1 saturated carbocycles. The van der Waals surface area contributed by atoms with Crippen molar-refractivity contribution in [3.05, 3.63) is 29.8 Å². The van der Waals surface area contributed by atoms with E-state index in [4.69, 9.17) is 10.5 Å². The highest BCUT2D eigenvalue weighted by Crippen LogP contribution is 2.17. The van der Waals surface area contributed by atoms with E-state index in [9.17, 15) is 14.4 Å². The Labute approximate surface area is 147 Å². The van der Waals surface area contributed by atoms with Gasteiger partial charge in [0.1, 0.15) is 0 Å². The Morgan fingerprint density at radius 1 is 1.08 bits per heavy atom. The molecule has 1 aliphatic rings. The predicted molar refractivity (Wildman–Crippen MR) is 94.2 cm³/mol. The number of esters is 1. The molecule has 1 atom stereocenters. The van der Waals surface area contributed by atoms with Gasteiger partial charge in [0, 0.05) is 11.7 Å². The summed E-state index contributed by atoms with van der Waals surface area (Å²) < 4.78 is 5.23. The average Bonchev–Trinajstić information content (AvgIpc) is 2.83. The summed E-state index contributed by atoms with van der Waals surface area (Å²) >= 11 is 0. The second-order valence-electron chi connectivity index (χ2n) is 6.31. The van der Waals surface area contributed by atoms with Crippen LogP contribution in [0.25, 0.3) is 0 Å². The average molecular weight is 347 g/mol. The highest BCUT2D eigenvalue weighted by molar-refractivity contribution is 5.93. The molecule has 0 aromatic heterocycles. The fraction of sp³-hybridized carbons (Fsp3) is 0.500. The number of ether oxygens (including phenoxy) is 1. The number of carbonyl (C=O) groups excluding carboxylic acids is 3. The van der Waals surface area contributed by atoms with Crippen molar-refractivity contribution < 1.29 is 19.1 Å². The fourth-order valence-corrected chi connectivity index (χ4v) is 2.86. The van der Waals surface area contributed by atoms with Crippen LogP contribution in [-0.2, 0) is 9.53 Å². The van der Waals surface area contributed by atoms with Gasteiger partial charge in [-0.05, 0) is 44.0 Å². The van der Waals surface area contributed by atoms with E-state index in [1.165, 1.54) is 37.1 Å². The lowest BCUT2D eigenvalue weighted by atomic mass is 10.1. The molecule has 25 heavy (non-hydrogen) atoms. The van der Waals surface area contributed by atoms with Crippen LogP contribution in [-0.4, -0.2) is 30.1 Å². The van der Waals surface area contributed by atoms with Gasteiger partial charge < -0.3 is 21.1 Å². The van der Waals surface area contributed by atoms with Gasteiger partial charge in [-0.25, -0.2) is 9.59 Å². The zero-order valence-corrected chi connectivity index (χ0v) is 14.4. The number of nitrogens with two attached hydrogens (primary N) is 1. The largest absolute Gasteiger partial charge is 0.449 e. The van der Waals surface area contributed by atoms with Crippen LogP contribution in [0.5, 0.6) is 0 Å². The molecular weight excluding hydrogens is 322 g/mol. The Morgan fingerprint density at radius 3 is 2.24 bits per heavy atom. The molecule has 0 saturated heterocycles. The molecule has 1 unspecified atom stereocenters. The molecule has 0 radical (unpaired) electrons. The van der Waals surface area contributed by atoms with Gasteiger partial charge in [0.2, 0.25) is 0 Å². The third kappa shape index (κ3) is 6.10. The number of carbonyl (C=O) groups is 3. The molecule has 136 valence electrons. The maximum absolute atomic E-state index is 12.2. The number of primary amides is 1. The molecule has 0 aliphatic heterocycles. The maximum atomic E-state index is 12.2. The lowest BCUT2D eigenvalue weighted by Gasteiger charge is -2.19. The topological polar surface area (TPSA) is 111 Å². The summed E-state index contributed by atoms with van der Waals surface area (Å²) in [4.78, 5) is 35.1. The molecule has 1 aromatic rings. The van der Waals surface area contributed by atoms with Crippen molar-refractivity contribution in [3.63, 3.8) is 0 Å². The van der Waals surface area contributed by atoms with Crippen molar-refractivity contribution >= 4 is 23.6 Å². The lowest BCUT2D eigenvalue weighted by Crippen LogP contribution is -2.41. The summed E-state index contributed by atoms with van der Waals surface area (Å²) in [6, 6.07) is 5.57. The number of hydrogen-bond acceptors (Lipinski definition) is 4. The van der Waals surface area contributed by atoms with Gasteiger partial charge in [0.05, 0.1) is 5.56 Å². The molecule has 2 rings (SSSR count). The minimum Gasteiger partial charge on any atom is -0.449 e. The van der Waals surface area contributed by atoms with Gasteiger partial charge in [0.15, 0.2) is 6.10 Å². The predicted octanol–water partition coefficient (Wildman–Crippen LogP) is 2.56. The van der Waals surface area contributed by atoms with E-state index in [0.717, 1.165) is 25.7 Å². The van der Waals surface area contributed by atoms with Crippen LogP contribution in [0.1, 0.15) is 55.8 Å². The Bertz CT molecular complexity index is 607. The Kier molecular flexibility index (Phi) is 6.80. The van der Waals surface area contributed by atoms with E-state index in [0.29, 0.717) is 11.3 Å². The lowest BCUT2D eigenvalue weighted by molar-refractivity contribution is -0.129. The van der Waals surface area contributed by atoms with Crippen LogP contribution in [0.4, 0.5) is 10.5 Å². The molecule has 1 aliphatic carbocycles. The van der Waals surface area contributed by atoms with E-state index in [1.54, 1.807) is 6.92 Å². The van der Waals surface area contributed by atoms with E-state index in [2.05, 4.69) is 10.6 Å². The summed E-state index contributed by atoms with van der Waals surface area (Å²) in [6.07, 6.45) is 5.73. The Hall–Kier alpha value is -2.57. The van der Waals surface area contributed by atoms with Crippen LogP contribution in [0.2, 0.25) is 0 Å². The minimum atomic E-state index is -0.862. The van der Waals surface area contributed by atoms with Gasteiger partial charge in [0.25, 0.3) is 5.91 Å². The van der Waals surface area contributed by atoms with E-state index in [-0.39, 0.29) is 11.9 Å². The summed E-state index contributed by atoms with van der Waals surface area (Å²) in [5.41, 5.74) is 5.79. The first-order valence-corrected chi connectivity index (χ1v) is 8.63. The quantitative estimate of drug-likeness (QED) is 0.561. The second kappa shape index (κ2) is 9.05. The summed E-state index contributed by atoms with van der Waals surface area (Å²) in [5, 5.41) is 5.37. The fourth-order valence-electron chi connectivity index (χ4n) is 2.86. The first-order valence-electron chi connectivity index (χ1n) is 8.63. The van der Waals surface area contributed by atoms with Crippen LogP contribution >= 0.6 is 0 Å². The summed E-state index contributed by atoms with van der Waals surface area (Å²) in [5.74, 6) is -0.860. The Balaban J connectivity index is 1.85. The number of nitrogens with one attached hydrogen (secondary N) is 2. The molecule has 1 fully saturated rings. The number of amides is 3. The molecular formula is C18H25N3O4. The first kappa shape index (κ1) is 18.8. The standard InChI is InChI=1S/C18H25N3O4/c1-12(16(22)20-14-6-4-2-3-5-7-14)25-17(23)13-8-10-15(11-9-13)21-18(19)24/h8-12,14H,2-7H2,1H3,(H,20,22)(H3,19,21,24). The van der Waals surface area contributed by atoms with Crippen molar-refractivity contribution in [2.24, 2.45) is 5.73 Å². The summed E-state index contributed by atoms with van der Waals surface area (Å²) in [7, 11) is 0. The van der Waals surface area contributed by atoms with Crippen molar-refractivity contribution in [1.29, 1.82) is 0 Å². The molecule has 1 aromatic carbocycles. The molecule has 7 nitrogen and oxygen atoms in total. The minimum absolute atomic E-state index is 0.162. The van der Waals surface area contributed by atoms with Crippen LogP contribution in [0.3, 0.4) is 0 Å². The number of anilines is 1. The maximum Gasteiger partial charge on any atom is 0.338 e. The van der Waals surface area contributed by atoms with Crippen LogP contribution in [0.15, 0.2) is 24.3 Å². The zero-order chi connectivity index (χ0) is 18.2. The number of rotatable bonds is 5. The number of urea groups is 1. The number of hydrogen-bond donors (Lipinski definition) is 3. The van der Waals surface area contributed by atoms with Crippen molar-refractivity contribution in [1.82, 2.24) is 5.32 Å². The monoisotopic (exact) mass is 347 g/mol. The highest BCUT2D eigenvalue weighted by Gasteiger charge is 2.22. The van der Waals surface area contributed by atoms with Gasteiger partial charge in [-0.2, -0.15) is 0 Å². The second-order valence-corrected chi connectivity index (χ2v) is 6.31. The van der Waals surface area contributed by atoms with Gasteiger partial charge in [-0.15, -0.1) is 0 Å². The van der Waals surface area contributed by atoms with Crippen molar-refractivity contribution in [2.45, 2.75) is 57.6 Å². The molecule has 4 N–H and O–H groups in total. The van der Waals surface area contributed by atoms with E-state index < -0.39 is 18.1 Å². The third-order valence-corrected chi connectivity index (χ3v) is 4.24. The smallest absolute Gasteiger partial charge is 0.338 e. The van der Waals surface area contributed by atoms with Gasteiger partial charge >= 0.3 is 12.0 Å². The third-order valence-electron chi connectivity index (χ3n) is 4.24. The highest BCUT2D eigenvalue weighted by atomic mass is 16.5. The van der Waals surface area contributed by atoms with Crippen molar-refractivity contribution in [3.8, 4) is 0 Å². The molecule has 0 heterocycles. The molecule has 7 heteroatoms. The molecule has 0 spiro atoms. The van der Waals surface area contributed by atoms with E-state index >= 15 is 0 Å². The molecule has 0 bridgehead atoms. The molecule has 3 amide bonds. The normalized spacial score (nSPS) is 16.4. The first-order chi connectivity index (χ1) is 12.0. The Morgan fingerprint density at radius 2 is 1.68 bits per heavy atom.